The van der Waals surface area contributed by atoms with Gasteiger partial charge in [0.25, 0.3) is 0 Å². The monoisotopic (exact) mass is 1070 g/mol. The first-order valence-corrected chi connectivity index (χ1v) is 33.1. The fourth-order valence-corrected chi connectivity index (χ4v) is 9.44. The van der Waals surface area contributed by atoms with E-state index < -0.39 is 6.10 Å². The van der Waals surface area contributed by atoms with Gasteiger partial charge in [0.2, 0.25) is 0 Å². The maximum Gasteiger partial charge on any atom is 0.306 e. The van der Waals surface area contributed by atoms with Crippen molar-refractivity contribution < 1.29 is 28.6 Å². The van der Waals surface area contributed by atoms with Gasteiger partial charge in [-0.3, -0.25) is 14.4 Å². The quantitative estimate of drug-likeness (QED) is 0.0261. The Morgan fingerprint density at radius 1 is 0.273 bits per heavy atom. The third-order valence-electron chi connectivity index (χ3n) is 14.4. The highest BCUT2D eigenvalue weighted by atomic mass is 16.6. The molecule has 0 fully saturated rings. The molecular weight excluding hydrogens is 949 g/mol. The lowest BCUT2D eigenvalue weighted by Gasteiger charge is -2.18. The normalized spacial score (nSPS) is 12.6. The zero-order valence-electron chi connectivity index (χ0n) is 51.0. The summed E-state index contributed by atoms with van der Waals surface area (Å²) in [4.78, 5) is 38.2. The number of hydrogen-bond acceptors (Lipinski definition) is 6. The summed E-state index contributed by atoms with van der Waals surface area (Å²) in [6.45, 7) is 6.53. The lowest BCUT2D eigenvalue weighted by molar-refractivity contribution is -0.167. The fraction of sp³-hybridized carbons (Fsp3) is 0.761. The van der Waals surface area contributed by atoms with Crippen LogP contribution in [-0.2, 0) is 28.6 Å². The summed E-state index contributed by atoms with van der Waals surface area (Å²) in [6.07, 6.45) is 86.1. The highest BCUT2D eigenvalue weighted by molar-refractivity contribution is 5.71. The second-order valence-corrected chi connectivity index (χ2v) is 22.0. The lowest BCUT2D eigenvalue weighted by atomic mass is 10.0. The van der Waals surface area contributed by atoms with Crippen molar-refractivity contribution in [3.8, 4) is 0 Å². The first kappa shape index (κ1) is 73.6. The molecule has 0 aromatic carbocycles. The second-order valence-electron chi connectivity index (χ2n) is 22.0. The number of ether oxygens (including phenoxy) is 3. The molecule has 0 aliphatic carbocycles. The average Bonchev–Trinajstić information content (AvgIpc) is 3.43. The van der Waals surface area contributed by atoms with Gasteiger partial charge in [0.15, 0.2) is 6.10 Å². The van der Waals surface area contributed by atoms with Crippen LogP contribution in [0.2, 0.25) is 0 Å². The van der Waals surface area contributed by atoms with Crippen molar-refractivity contribution in [2.24, 2.45) is 0 Å². The Kier molecular flexibility index (Phi) is 62.2. The van der Waals surface area contributed by atoms with E-state index in [2.05, 4.69) is 106 Å². The van der Waals surface area contributed by atoms with Gasteiger partial charge < -0.3 is 14.2 Å². The highest BCUT2D eigenvalue weighted by Crippen LogP contribution is 2.17. The van der Waals surface area contributed by atoms with Crippen LogP contribution in [0, 0.1) is 0 Å². The van der Waals surface area contributed by atoms with Gasteiger partial charge in [-0.25, -0.2) is 0 Å². The van der Waals surface area contributed by atoms with Gasteiger partial charge in [0.05, 0.1) is 0 Å². The molecule has 0 saturated heterocycles. The van der Waals surface area contributed by atoms with Crippen molar-refractivity contribution in [1.82, 2.24) is 0 Å². The van der Waals surface area contributed by atoms with Gasteiger partial charge in [-0.2, -0.15) is 0 Å². The maximum absolute atomic E-state index is 12.9. The molecule has 0 rings (SSSR count). The van der Waals surface area contributed by atoms with Crippen molar-refractivity contribution in [2.45, 2.75) is 335 Å². The van der Waals surface area contributed by atoms with Gasteiger partial charge in [-0.1, -0.05) is 298 Å². The van der Waals surface area contributed by atoms with E-state index in [1.54, 1.807) is 0 Å². The topological polar surface area (TPSA) is 78.9 Å². The van der Waals surface area contributed by atoms with E-state index in [1.807, 2.05) is 0 Å². The van der Waals surface area contributed by atoms with E-state index >= 15 is 0 Å². The molecule has 6 heteroatoms. The maximum atomic E-state index is 12.9. The Balaban J connectivity index is 4.11. The molecule has 0 spiro atoms. The van der Waals surface area contributed by atoms with Crippen molar-refractivity contribution in [3.05, 3.63) is 85.1 Å². The zero-order valence-corrected chi connectivity index (χ0v) is 51.0. The van der Waals surface area contributed by atoms with Crippen molar-refractivity contribution in [3.63, 3.8) is 0 Å². The minimum absolute atomic E-state index is 0.0736. The number of allylic oxidation sites excluding steroid dienone is 14. The molecule has 444 valence electrons. The van der Waals surface area contributed by atoms with Crippen molar-refractivity contribution in [1.29, 1.82) is 0 Å². The third-order valence-corrected chi connectivity index (χ3v) is 14.4. The summed E-state index contributed by atoms with van der Waals surface area (Å²) in [7, 11) is 0. The Morgan fingerprint density at radius 2 is 0.506 bits per heavy atom. The largest absolute Gasteiger partial charge is 0.462 e. The van der Waals surface area contributed by atoms with Crippen LogP contribution >= 0.6 is 0 Å². The number of hydrogen-bond donors (Lipinski definition) is 0. The molecule has 0 heterocycles. The van der Waals surface area contributed by atoms with Gasteiger partial charge in [0, 0.05) is 19.3 Å². The van der Waals surface area contributed by atoms with E-state index in [4.69, 9.17) is 14.2 Å². The molecule has 0 aliphatic heterocycles. The smallest absolute Gasteiger partial charge is 0.306 e. The molecule has 77 heavy (non-hydrogen) atoms. The van der Waals surface area contributed by atoms with Crippen LogP contribution in [0.25, 0.3) is 0 Å². The van der Waals surface area contributed by atoms with E-state index in [0.717, 1.165) is 96.3 Å². The van der Waals surface area contributed by atoms with Crippen LogP contribution in [-0.4, -0.2) is 37.2 Å². The van der Waals surface area contributed by atoms with Crippen LogP contribution in [0.3, 0.4) is 0 Å². The number of carbonyl (C=O) groups is 3. The minimum atomic E-state index is -0.775. The predicted octanol–water partition coefficient (Wildman–Crippen LogP) is 22.7. The van der Waals surface area contributed by atoms with E-state index in [0.29, 0.717) is 19.3 Å². The summed E-state index contributed by atoms with van der Waals surface area (Å²) >= 11 is 0. The first-order chi connectivity index (χ1) is 38.0. The van der Waals surface area contributed by atoms with Gasteiger partial charge in [0.1, 0.15) is 13.2 Å². The molecule has 0 N–H and O–H groups in total. The van der Waals surface area contributed by atoms with Crippen LogP contribution in [0.15, 0.2) is 85.1 Å². The average molecular weight is 1070 g/mol. The summed E-state index contributed by atoms with van der Waals surface area (Å²) in [5.41, 5.74) is 0. The highest BCUT2D eigenvalue weighted by Gasteiger charge is 2.19. The molecule has 0 radical (unpaired) electrons. The van der Waals surface area contributed by atoms with E-state index in [-0.39, 0.29) is 31.1 Å². The summed E-state index contributed by atoms with van der Waals surface area (Å²) in [5.74, 6) is -0.867. The molecule has 6 nitrogen and oxygen atoms in total. The predicted molar refractivity (Wildman–Crippen MR) is 334 cm³/mol. The molecule has 0 amide bonds. The number of rotatable bonds is 60. The molecule has 0 saturated carbocycles. The third kappa shape index (κ3) is 63.3. The van der Waals surface area contributed by atoms with Crippen LogP contribution in [0.4, 0.5) is 0 Å². The Morgan fingerprint density at radius 3 is 0.805 bits per heavy atom. The van der Waals surface area contributed by atoms with E-state index in [1.165, 1.54) is 193 Å². The molecule has 1 atom stereocenters. The first-order valence-electron chi connectivity index (χ1n) is 33.1. The molecule has 0 aliphatic rings. The minimum Gasteiger partial charge on any atom is -0.462 e. The molecule has 1 unspecified atom stereocenters. The molecule has 0 aromatic heterocycles. The number of unbranched alkanes of at least 4 members (excludes halogenated alkanes) is 35. The van der Waals surface area contributed by atoms with Crippen LogP contribution in [0.1, 0.15) is 329 Å². The second kappa shape index (κ2) is 65.1. The standard InChI is InChI=1S/C71H124O6/c1-4-7-10-13-16-19-21-23-25-27-28-29-30-31-32-33-34-35-36-37-38-39-40-41-42-44-45-47-49-52-55-58-61-64-70(73)76-67-68(66-75-69(72)63-60-57-54-51-18-15-12-9-6-3)77-71(74)65-62-59-56-53-50-48-46-43-26-24-22-20-17-14-11-8-5-2/h7,10,16,19,23-26,28-29,31-32,34-35,68H,4-6,8-9,11-15,17-18,20-22,27,30,33,36-67H2,1-3H3/b10-7-,19-16-,25-23-,26-24-,29-28-,32-31-,35-34-. The Hall–Kier alpha value is -3.41. The van der Waals surface area contributed by atoms with Crippen molar-refractivity contribution in [2.75, 3.05) is 13.2 Å². The SMILES string of the molecule is CC/C=C\C/C=C\C/C=C\C/C=C\C/C=C\C/C=C\CCCCCCCCCCCCCCCCC(=O)OCC(COC(=O)CCCCCCCCCCC)OC(=O)CCCCCCCCC/C=C\CCCCCCCC. The molecular formula is C71H124O6. The van der Waals surface area contributed by atoms with Gasteiger partial charge in [-0.15, -0.1) is 0 Å². The summed E-state index contributed by atoms with van der Waals surface area (Å²) in [6, 6.07) is 0. The molecule has 0 bridgehead atoms. The van der Waals surface area contributed by atoms with Crippen LogP contribution < -0.4 is 0 Å². The number of carbonyl (C=O) groups excluding carboxylic acids is 3. The Bertz CT molecular complexity index is 1470. The fourth-order valence-electron chi connectivity index (χ4n) is 9.44. The Labute approximate surface area is 477 Å². The van der Waals surface area contributed by atoms with Gasteiger partial charge >= 0.3 is 17.9 Å². The lowest BCUT2D eigenvalue weighted by Crippen LogP contribution is -2.30. The summed E-state index contributed by atoms with van der Waals surface area (Å²) < 4.78 is 16.9. The van der Waals surface area contributed by atoms with Gasteiger partial charge in [-0.05, 0) is 96.3 Å². The summed E-state index contributed by atoms with van der Waals surface area (Å²) in [5, 5.41) is 0. The van der Waals surface area contributed by atoms with Crippen LogP contribution in [0.5, 0.6) is 0 Å². The van der Waals surface area contributed by atoms with E-state index in [9.17, 15) is 14.4 Å². The number of esters is 3. The van der Waals surface area contributed by atoms with Crippen molar-refractivity contribution >= 4 is 17.9 Å². The molecule has 0 aromatic rings. The zero-order chi connectivity index (χ0) is 55.7.